The third-order valence-electron chi connectivity index (χ3n) is 3.05. The summed E-state index contributed by atoms with van der Waals surface area (Å²) in [4.78, 5) is 11.4. The van der Waals surface area contributed by atoms with Gasteiger partial charge in [-0.1, -0.05) is 22.9 Å². The molecule has 2 aromatic rings. The van der Waals surface area contributed by atoms with Crippen molar-refractivity contribution >= 4 is 21.6 Å². The first-order chi connectivity index (χ1) is 10.1. The Morgan fingerprint density at radius 1 is 1.29 bits per heavy atom. The van der Waals surface area contributed by atoms with Gasteiger partial charge in [0.05, 0.1) is 12.3 Å². The molecule has 0 bridgehead atoms. The van der Waals surface area contributed by atoms with Gasteiger partial charge < -0.3 is 14.6 Å². The third-order valence-corrected chi connectivity index (χ3v) is 3.55. The average Bonchev–Trinajstić information content (AvgIpc) is 2.47. The van der Waals surface area contributed by atoms with E-state index in [0.29, 0.717) is 13.2 Å². The van der Waals surface area contributed by atoms with E-state index >= 15 is 0 Å². The summed E-state index contributed by atoms with van der Waals surface area (Å²) in [5.41, 5.74) is 1.96. The number of hydrogen-bond donors (Lipinski definition) is 1. The number of halogens is 1. The highest BCUT2D eigenvalue weighted by Gasteiger charge is 2.05. The van der Waals surface area contributed by atoms with Crippen molar-refractivity contribution in [3.8, 4) is 5.75 Å². The lowest BCUT2D eigenvalue weighted by Gasteiger charge is -2.13. The van der Waals surface area contributed by atoms with E-state index in [1.54, 1.807) is 29.9 Å². The van der Waals surface area contributed by atoms with Gasteiger partial charge in [-0.2, -0.15) is 0 Å². The second-order valence-electron chi connectivity index (χ2n) is 4.82. The standard InChI is InChI=1S/C16H19BrN2O2/c1-3-8-21-15-6-4-13(17)9-12(15)10-18-14-5-7-16(20)19(2)11-14/h4-7,9,11,18H,3,8,10H2,1-2H3. The van der Waals surface area contributed by atoms with Crippen molar-refractivity contribution in [3.63, 3.8) is 0 Å². The van der Waals surface area contributed by atoms with Gasteiger partial charge in [0.15, 0.2) is 0 Å². The molecule has 1 N–H and O–H groups in total. The minimum Gasteiger partial charge on any atom is -0.493 e. The number of rotatable bonds is 6. The summed E-state index contributed by atoms with van der Waals surface area (Å²) >= 11 is 3.48. The number of ether oxygens (including phenoxy) is 1. The van der Waals surface area contributed by atoms with E-state index in [1.165, 1.54) is 0 Å². The van der Waals surface area contributed by atoms with Crippen LogP contribution in [-0.2, 0) is 13.6 Å². The monoisotopic (exact) mass is 350 g/mol. The smallest absolute Gasteiger partial charge is 0.250 e. The van der Waals surface area contributed by atoms with Gasteiger partial charge in [0.2, 0.25) is 5.56 Å². The maximum atomic E-state index is 11.4. The fraction of sp³-hybridized carbons (Fsp3) is 0.312. The highest BCUT2D eigenvalue weighted by Crippen LogP contribution is 2.24. The fourth-order valence-corrected chi connectivity index (χ4v) is 2.34. The summed E-state index contributed by atoms with van der Waals surface area (Å²) in [6.07, 6.45) is 2.76. The largest absolute Gasteiger partial charge is 0.493 e. The highest BCUT2D eigenvalue weighted by atomic mass is 79.9. The summed E-state index contributed by atoms with van der Waals surface area (Å²) in [5.74, 6) is 0.886. The van der Waals surface area contributed by atoms with Crippen LogP contribution in [0.25, 0.3) is 0 Å². The third kappa shape index (κ3) is 4.36. The maximum Gasteiger partial charge on any atom is 0.250 e. The van der Waals surface area contributed by atoms with Crippen molar-refractivity contribution in [2.75, 3.05) is 11.9 Å². The number of anilines is 1. The zero-order valence-electron chi connectivity index (χ0n) is 12.2. The van der Waals surface area contributed by atoms with E-state index in [4.69, 9.17) is 4.74 Å². The summed E-state index contributed by atoms with van der Waals surface area (Å²) in [6, 6.07) is 9.32. The summed E-state index contributed by atoms with van der Waals surface area (Å²) < 4.78 is 8.33. The van der Waals surface area contributed by atoms with Crippen molar-refractivity contribution in [2.24, 2.45) is 7.05 Å². The number of aryl methyl sites for hydroxylation is 1. The fourth-order valence-electron chi connectivity index (χ4n) is 1.93. The summed E-state index contributed by atoms with van der Waals surface area (Å²) in [6.45, 7) is 3.42. The zero-order valence-corrected chi connectivity index (χ0v) is 13.8. The van der Waals surface area contributed by atoms with Crippen molar-refractivity contribution in [2.45, 2.75) is 19.9 Å². The lowest BCUT2D eigenvalue weighted by atomic mass is 10.2. The highest BCUT2D eigenvalue weighted by molar-refractivity contribution is 9.10. The molecule has 0 aliphatic carbocycles. The van der Waals surface area contributed by atoms with Crippen LogP contribution < -0.4 is 15.6 Å². The van der Waals surface area contributed by atoms with Gasteiger partial charge in [-0.25, -0.2) is 0 Å². The summed E-state index contributed by atoms with van der Waals surface area (Å²) in [7, 11) is 1.74. The van der Waals surface area contributed by atoms with E-state index in [2.05, 4.69) is 28.2 Å². The zero-order chi connectivity index (χ0) is 15.2. The van der Waals surface area contributed by atoms with Crippen LogP contribution in [0, 0.1) is 0 Å². The van der Waals surface area contributed by atoms with Crippen LogP contribution in [0.2, 0.25) is 0 Å². The summed E-state index contributed by atoms with van der Waals surface area (Å²) in [5, 5.41) is 3.31. The molecule has 0 aliphatic rings. The van der Waals surface area contributed by atoms with Crippen molar-refractivity contribution in [1.29, 1.82) is 0 Å². The Labute approximate surface area is 132 Å². The van der Waals surface area contributed by atoms with Crippen LogP contribution in [0.3, 0.4) is 0 Å². The molecule has 5 heteroatoms. The molecule has 0 aliphatic heterocycles. The quantitative estimate of drug-likeness (QED) is 0.866. The lowest BCUT2D eigenvalue weighted by molar-refractivity contribution is 0.314. The molecule has 21 heavy (non-hydrogen) atoms. The molecule has 0 atom stereocenters. The Kier molecular flexibility index (Phi) is 5.44. The topological polar surface area (TPSA) is 43.3 Å². The van der Waals surface area contributed by atoms with Gasteiger partial charge in [-0.15, -0.1) is 0 Å². The van der Waals surface area contributed by atoms with Gasteiger partial charge in [0.1, 0.15) is 5.75 Å². The Morgan fingerprint density at radius 2 is 2.10 bits per heavy atom. The first kappa shape index (κ1) is 15.6. The Balaban J connectivity index is 2.12. The van der Waals surface area contributed by atoms with Crippen molar-refractivity contribution in [1.82, 2.24) is 4.57 Å². The molecule has 0 fully saturated rings. The first-order valence-corrected chi connectivity index (χ1v) is 7.71. The second-order valence-corrected chi connectivity index (χ2v) is 5.74. The van der Waals surface area contributed by atoms with Gasteiger partial charge in [-0.3, -0.25) is 4.79 Å². The van der Waals surface area contributed by atoms with Gasteiger partial charge in [0.25, 0.3) is 0 Å². The van der Waals surface area contributed by atoms with Crippen LogP contribution in [0.5, 0.6) is 5.75 Å². The number of nitrogens with one attached hydrogen (secondary N) is 1. The minimum atomic E-state index is -0.0185. The number of hydrogen-bond acceptors (Lipinski definition) is 3. The number of nitrogens with zero attached hydrogens (tertiary/aromatic N) is 1. The van der Waals surface area contributed by atoms with E-state index in [0.717, 1.165) is 27.9 Å². The molecule has 2 rings (SSSR count). The Morgan fingerprint density at radius 3 is 2.81 bits per heavy atom. The SMILES string of the molecule is CCCOc1ccc(Br)cc1CNc1ccc(=O)n(C)c1. The minimum absolute atomic E-state index is 0.0185. The molecule has 0 saturated heterocycles. The number of aromatic nitrogens is 1. The first-order valence-electron chi connectivity index (χ1n) is 6.92. The molecular weight excluding hydrogens is 332 g/mol. The lowest BCUT2D eigenvalue weighted by Crippen LogP contribution is -2.15. The van der Waals surface area contributed by atoms with E-state index in [9.17, 15) is 4.79 Å². The van der Waals surface area contributed by atoms with Gasteiger partial charge in [-0.05, 0) is 30.7 Å². The second kappa shape index (κ2) is 7.31. The van der Waals surface area contributed by atoms with Crippen LogP contribution >= 0.6 is 15.9 Å². The van der Waals surface area contributed by atoms with Gasteiger partial charge in [0, 0.05) is 35.9 Å². The molecule has 0 unspecified atom stereocenters. The Bertz CT molecular complexity index is 668. The normalized spacial score (nSPS) is 10.4. The van der Waals surface area contributed by atoms with Crippen LogP contribution in [0.1, 0.15) is 18.9 Å². The molecule has 0 amide bonds. The van der Waals surface area contributed by atoms with Crippen LogP contribution in [0.15, 0.2) is 45.8 Å². The Hall–Kier alpha value is -1.75. The maximum absolute atomic E-state index is 11.4. The van der Waals surface area contributed by atoms with Crippen molar-refractivity contribution in [3.05, 3.63) is 56.9 Å². The van der Waals surface area contributed by atoms with Crippen LogP contribution in [0.4, 0.5) is 5.69 Å². The molecule has 1 aromatic heterocycles. The van der Waals surface area contributed by atoms with Crippen molar-refractivity contribution < 1.29 is 4.74 Å². The molecule has 1 aromatic carbocycles. The molecule has 0 radical (unpaired) electrons. The van der Waals surface area contributed by atoms with E-state index < -0.39 is 0 Å². The molecular formula is C16H19BrN2O2. The van der Waals surface area contributed by atoms with Crippen LogP contribution in [-0.4, -0.2) is 11.2 Å². The van der Waals surface area contributed by atoms with E-state index in [-0.39, 0.29) is 5.56 Å². The average molecular weight is 351 g/mol. The molecule has 0 saturated carbocycles. The predicted octanol–water partition coefficient (Wildman–Crippen LogP) is 3.55. The number of benzene rings is 1. The van der Waals surface area contributed by atoms with Gasteiger partial charge >= 0.3 is 0 Å². The molecule has 1 heterocycles. The molecule has 4 nitrogen and oxygen atoms in total. The number of pyridine rings is 1. The molecule has 0 spiro atoms. The predicted molar refractivity (Wildman–Crippen MR) is 88.9 cm³/mol. The molecule has 112 valence electrons. The van der Waals surface area contributed by atoms with E-state index in [1.807, 2.05) is 18.2 Å².